The van der Waals surface area contributed by atoms with Gasteiger partial charge in [-0.25, -0.2) is 12.8 Å². The van der Waals surface area contributed by atoms with E-state index in [1.54, 1.807) is 19.1 Å². The van der Waals surface area contributed by atoms with Crippen LogP contribution in [0.1, 0.15) is 12.5 Å². The van der Waals surface area contributed by atoms with Gasteiger partial charge in [0.15, 0.2) is 0 Å². The molecule has 0 aromatic heterocycles. The standard InChI is InChI=1S/C15H16FNO3S/c1-3-20-15-10-12(16)6-9-14(15)17-21(18,19)13-7-4-11(2)5-8-13/h4-10,17H,3H2,1-2H3. The number of rotatable bonds is 5. The molecule has 4 nitrogen and oxygen atoms in total. The highest BCUT2D eigenvalue weighted by Gasteiger charge is 2.16. The van der Waals surface area contributed by atoms with E-state index in [-0.39, 0.29) is 16.3 Å². The summed E-state index contributed by atoms with van der Waals surface area (Å²) in [5.41, 5.74) is 1.17. The molecular weight excluding hydrogens is 293 g/mol. The summed E-state index contributed by atoms with van der Waals surface area (Å²) >= 11 is 0. The van der Waals surface area contributed by atoms with Gasteiger partial charge in [0.05, 0.1) is 17.2 Å². The number of hydrogen-bond donors (Lipinski definition) is 1. The molecule has 0 unspecified atom stereocenters. The molecule has 0 aliphatic rings. The maximum Gasteiger partial charge on any atom is 0.262 e. The van der Waals surface area contributed by atoms with Crippen molar-refractivity contribution in [2.45, 2.75) is 18.7 Å². The predicted octanol–water partition coefficient (Wildman–Crippen LogP) is 3.33. The van der Waals surface area contributed by atoms with Crippen molar-refractivity contribution in [1.82, 2.24) is 0 Å². The number of anilines is 1. The number of benzene rings is 2. The second kappa shape index (κ2) is 6.13. The molecule has 2 aromatic rings. The summed E-state index contributed by atoms with van der Waals surface area (Å²) in [6, 6.07) is 10.1. The van der Waals surface area contributed by atoms with Crippen molar-refractivity contribution in [3.05, 3.63) is 53.8 Å². The summed E-state index contributed by atoms with van der Waals surface area (Å²) in [6.07, 6.45) is 0. The summed E-state index contributed by atoms with van der Waals surface area (Å²) in [6.45, 7) is 3.92. The van der Waals surface area contributed by atoms with Crippen LogP contribution in [0.15, 0.2) is 47.4 Å². The van der Waals surface area contributed by atoms with Crippen LogP contribution in [0.4, 0.5) is 10.1 Å². The lowest BCUT2D eigenvalue weighted by atomic mass is 10.2. The molecule has 2 rings (SSSR count). The van der Waals surface area contributed by atoms with Crippen LogP contribution in [0.3, 0.4) is 0 Å². The Kier molecular flexibility index (Phi) is 4.47. The van der Waals surface area contributed by atoms with Gasteiger partial charge in [0, 0.05) is 6.07 Å². The first-order valence-electron chi connectivity index (χ1n) is 6.44. The number of ether oxygens (including phenoxy) is 1. The van der Waals surface area contributed by atoms with Crippen LogP contribution < -0.4 is 9.46 Å². The molecule has 1 N–H and O–H groups in total. The van der Waals surface area contributed by atoms with E-state index in [0.717, 1.165) is 11.6 Å². The van der Waals surface area contributed by atoms with Gasteiger partial charge in [0.1, 0.15) is 11.6 Å². The number of sulfonamides is 1. The normalized spacial score (nSPS) is 11.2. The molecule has 0 aliphatic carbocycles. The van der Waals surface area contributed by atoms with E-state index in [0.29, 0.717) is 6.61 Å². The van der Waals surface area contributed by atoms with Crippen LogP contribution >= 0.6 is 0 Å². The SMILES string of the molecule is CCOc1cc(F)ccc1NS(=O)(=O)c1ccc(C)cc1. The smallest absolute Gasteiger partial charge is 0.262 e. The fourth-order valence-electron chi connectivity index (χ4n) is 1.78. The van der Waals surface area contributed by atoms with Gasteiger partial charge in [-0.2, -0.15) is 0 Å². The Morgan fingerprint density at radius 3 is 2.43 bits per heavy atom. The Hall–Kier alpha value is -2.08. The maximum absolute atomic E-state index is 13.2. The zero-order chi connectivity index (χ0) is 15.5. The highest BCUT2D eigenvalue weighted by molar-refractivity contribution is 7.92. The summed E-state index contributed by atoms with van der Waals surface area (Å²) in [5, 5.41) is 0. The first kappa shape index (κ1) is 15.3. The highest BCUT2D eigenvalue weighted by Crippen LogP contribution is 2.28. The fourth-order valence-corrected chi connectivity index (χ4v) is 2.85. The molecule has 6 heteroatoms. The Balaban J connectivity index is 2.34. The average Bonchev–Trinajstić information content (AvgIpc) is 2.42. The predicted molar refractivity (Wildman–Crippen MR) is 79.6 cm³/mol. The summed E-state index contributed by atoms with van der Waals surface area (Å²) in [4.78, 5) is 0.139. The highest BCUT2D eigenvalue weighted by atomic mass is 32.2. The fraction of sp³-hybridized carbons (Fsp3) is 0.200. The minimum atomic E-state index is -3.74. The molecule has 2 aromatic carbocycles. The summed E-state index contributed by atoms with van der Waals surface area (Å²) in [7, 11) is -3.74. The Labute approximate surface area is 123 Å². The molecule has 0 heterocycles. The van der Waals surface area contributed by atoms with Crippen LogP contribution in [0.25, 0.3) is 0 Å². The van der Waals surface area contributed by atoms with Crippen LogP contribution in [0, 0.1) is 12.7 Å². The van der Waals surface area contributed by atoms with E-state index < -0.39 is 15.8 Å². The van der Waals surface area contributed by atoms with Gasteiger partial charge in [-0.3, -0.25) is 4.72 Å². The molecule has 21 heavy (non-hydrogen) atoms. The quantitative estimate of drug-likeness (QED) is 0.921. The van der Waals surface area contributed by atoms with Gasteiger partial charge < -0.3 is 4.74 Å². The Morgan fingerprint density at radius 2 is 1.81 bits per heavy atom. The maximum atomic E-state index is 13.2. The molecule has 0 bridgehead atoms. The Morgan fingerprint density at radius 1 is 1.14 bits per heavy atom. The van der Waals surface area contributed by atoms with E-state index in [1.165, 1.54) is 24.3 Å². The minimum Gasteiger partial charge on any atom is -0.492 e. The van der Waals surface area contributed by atoms with Crippen molar-refractivity contribution in [2.75, 3.05) is 11.3 Å². The van der Waals surface area contributed by atoms with Crippen molar-refractivity contribution in [3.8, 4) is 5.75 Å². The third-order valence-corrected chi connectivity index (χ3v) is 4.20. The molecule has 0 spiro atoms. The number of aryl methyl sites for hydroxylation is 1. The van der Waals surface area contributed by atoms with Gasteiger partial charge >= 0.3 is 0 Å². The van der Waals surface area contributed by atoms with Crippen molar-refractivity contribution in [3.63, 3.8) is 0 Å². The topological polar surface area (TPSA) is 55.4 Å². The molecule has 0 radical (unpaired) electrons. The summed E-state index contributed by atoms with van der Waals surface area (Å²) in [5.74, 6) is -0.329. The lowest BCUT2D eigenvalue weighted by molar-refractivity contribution is 0.340. The molecular formula is C15H16FNO3S. The third-order valence-electron chi connectivity index (χ3n) is 2.82. The third kappa shape index (κ3) is 3.72. The van der Waals surface area contributed by atoms with E-state index in [4.69, 9.17) is 4.74 Å². The second-order valence-electron chi connectivity index (χ2n) is 4.49. The van der Waals surface area contributed by atoms with Gasteiger partial charge in [0.25, 0.3) is 10.0 Å². The number of halogens is 1. The van der Waals surface area contributed by atoms with Crippen molar-refractivity contribution >= 4 is 15.7 Å². The largest absolute Gasteiger partial charge is 0.492 e. The molecule has 0 saturated carbocycles. The van der Waals surface area contributed by atoms with E-state index in [9.17, 15) is 12.8 Å². The van der Waals surface area contributed by atoms with E-state index in [1.807, 2.05) is 6.92 Å². The van der Waals surface area contributed by atoms with Crippen LogP contribution in [-0.2, 0) is 10.0 Å². The molecule has 0 atom stereocenters. The second-order valence-corrected chi connectivity index (χ2v) is 6.17. The molecule has 0 saturated heterocycles. The van der Waals surface area contributed by atoms with Crippen molar-refractivity contribution < 1.29 is 17.5 Å². The minimum absolute atomic E-state index is 0.139. The van der Waals surface area contributed by atoms with Crippen LogP contribution in [-0.4, -0.2) is 15.0 Å². The zero-order valence-electron chi connectivity index (χ0n) is 11.8. The average molecular weight is 309 g/mol. The molecule has 0 fully saturated rings. The molecule has 0 amide bonds. The lowest BCUT2D eigenvalue weighted by Crippen LogP contribution is -2.14. The van der Waals surface area contributed by atoms with Crippen LogP contribution in [0.5, 0.6) is 5.75 Å². The van der Waals surface area contributed by atoms with Crippen LogP contribution in [0.2, 0.25) is 0 Å². The van der Waals surface area contributed by atoms with Crippen molar-refractivity contribution in [2.24, 2.45) is 0 Å². The van der Waals surface area contributed by atoms with Gasteiger partial charge in [0.2, 0.25) is 0 Å². The number of nitrogens with one attached hydrogen (secondary N) is 1. The van der Waals surface area contributed by atoms with E-state index >= 15 is 0 Å². The lowest BCUT2D eigenvalue weighted by Gasteiger charge is -2.13. The monoisotopic (exact) mass is 309 g/mol. The first-order valence-corrected chi connectivity index (χ1v) is 7.92. The molecule has 112 valence electrons. The number of hydrogen-bond acceptors (Lipinski definition) is 3. The van der Waals surface area contributed by atoms with Crippen molar-refractivity contribution in [1.29, 1.82) is 0 Å². The molecule has 0 aliphatic heterocycles. The van der Waals surface area contributed by atoms with E-state index in [2.05, 4.69) is 4.72 Å². The zero-order valence-corrected chi connectivity index (χ0v) is 12.6. The van der Waals surface area contributed by atoms with Gasteiger partial charge in [-0.1, -0.05) is 17.7 Å². The van der Waals surface area contributed by atoms with Gasteiger partial charge in [-0.15, -0.1) is 0 Å². The Bertz CT molecular complexity index is 727. The first-order chi connectivity index (χ1) is 9.92. The van der Waals surface area contributed by atoms with Gasteiger partial charge in [-0.05, 0) is 38.1 Å². The summed E-state index contributed by atoms with van der Waals surface area (Å²) < 4.78 is 45.5.